The summed E-state index contributed by atoms with van der Waals surface area (Å²) >= 11 is 0. The number of hydrogen-bond acceptors (Lipinski definition) is 10. The maximum atomic E-state index is 14.1. The molecule has 58 heavy (non-hydrogen) atoms. The molecule has 2 aromatic rings. The minimum Gasteiger partial charge on any atom is -0.491 e. The minimum atomic E-state index is -1.23. The van der Waals surface area contributed by atoms with E-state index in [0.717, 1.165) is 5.57 Å². The molecule has 3 rings (SSSR count). The predicted octanol–water partition coefficient (Wildman–Crippen LogP) is 2.48. The minimum absolute atomic E-state index is 0.0116. The summed E-state index contributed by atoms with van der Waals surface area (Å²) in [6.07, 6.45) is 2.39. The lowest BCUT2D eigenvalue weighted by molar-refractivity contribution is -0.142. The standard InChI is InChI=1S/C41H54N6O11/c1-25(2)36(40(54)45-33(9-6-18-43-41(42)55)38(52)44-31-14-10-29(11-15-31)24-58-26(3)48)47-39(53)34(22-28-12-16-32(17-13-28)57-20-19-56-4)46-37(51)30(23-35(49)50)21-27-7-5-8-27/h5,10-17,25,30,33-34,36H,6-7,9,18-24H2,1-4H3,(H,44,52)(H,45,54)(H,46,51)(H,47,53)(H,49,50)(H3,42,43,55)/t30?,33-,34-,36-/m0/s1. The number of ether oxygens (including phenoxy) is 3. The molecule has 0 heterocycles. The Hall–Kier alpha value is -6.19. The van der Waals surface area contributed by atoms with Crippen molar-refractivity contribution in [2.24, 2.45) is 17.6 Å². The van der Waals surface area contributed by atoms with Gasteiger partial charge in [0.05, 0.1) is 18.9 Å². The lowest BCUT2D eigenvalue weighted by Crippen LogP contribution is -2.58. The van der Waals surface area contributed by atoms with Gasteiger partial charge in [0.1, 0.15) is 37.1 Å². The molecular formula is C41H54N6O11. The SMILES string of the molecule is COCCOc1ccc(C[C@H](NC(=O)C(CC(=O)O)CC2=C=CC2)C(=O)N[C@H](C(=O)N[C@@H](CCCNC(N)=O)C(=O)Nc2ccc(COC(C)=O)cc2)C(C)C)cc1. The molecular weight excluding hydrogens is 752 g/mol. The summed E-state index contributed by atoms with van der Waals surface area (Å²) in [4.78, 5) is 89.3. The van der Waals surface area contributed by atoms with Gasteiger partial charge in [-0.25, -0.2) is 4.79 Å². The molecule has 0 saturated heterocycles. The van der Waals surface area contributed by atoms with E-state index < -0.39 is 78.0 Å². The van der Waals surface area contributed by atoms with Gasteiger partial charge in [-0.3, -0.25) is 28.8 Å². The summed E-state index contributed by atoms with van der Waals surface area (Å²) in [6, 6.07) is 9.14. The highest BCUT2D eigenvalue weighted by molar-refractivity contribution is 5.99. The second kappa shape index (κ2) is 23.8. The maximum Gasteiger partial charge on any atom is 0.312 e. The van der Waals surface area contributed by atoms with Crippen molar-refractivity contribution in [1.29, 1.82) is 0 Å². The van der Waals surface area contributed by atoms with Crippen molar-refractivity contribution in [3.8, 4) is 5.75 Å². The third kappa shape index (κ3) is 16.5. The zero-order valence-corrected chi connectivity index (χ0v) is 33.3. The van der Waals surface area contributed by atoms with Gasteiger partial charge in [-0.15, -0.1) is 5.73 Å². The van der Waals surface area contributed by atoms with Crippen LogP contribution in [0.25, 0.3) is 0 Å². The molecule has 0 bridgehead atoms. The zero-order chi connectivity index (χ0) is 42.6. The number of carboxylic acids is 1. The Morgan fingerprint density at radius 2 is 1.48 bits per heavy atom. The Labute approximate surface area is 337 Å². The number of hydrogen-bond donors (Lipinski definition) is 7. The molecule has 0 aliphatic heterocycles. The molecule has 4 atom stereocenters. The number of amides is 6. The number of aliphatic carboxylic acids is 1. The molecule has 0 spiro atoms. The number of urea groups is 1. The highest BCUT2D eigenvalue weighted by Gasteiger charge is 2.33. The lowest BCUT2D eigenvalue weighted by Gasteiger charge is -2.28. The number of carbonyl (C=O) groups is 7. The number of methoxy groups -OCH3 is 1. The third-order valence-electron chi connectivity index (χ3n) is 9.00. The molecule has 8 N–H and O–H groups in total. The van der Waals surface area contributed by atoms with Crippen molar-refractivity contribution < 1.29 is 52.9 Å². The number of nitrogens with two attached hydrogens (primary N) is 1. The number of carboxylic acid groups (broad SMARTS) is 1. The largest absolute Gasteiger partial charge is 0.491 e. The summed E-state index contributed by atoms with van der Waals surface area (Å²) in [5.74, 6) is -5.13. The van der Waals surface area contributed by atoms with Crippen LogP contribution in [0.15, 0.2) is 65.9 Å². The van der Waals surface area contributed by atoms with Crippen LogP contribution < -0.4 is 37.1 Å². The molecule has 6 amide bonds. The fourth-order valence-electron chi connectivity index (χ4n) is 5.79. The molecule has 17 heteroatoms. The van der Waals surface area contributed by atoms with Gasteiger partial charge in [0, 0.05) is 39.1 Å². The van der Waals surface area contributed by atoms with Crippen LogP contribution in [0.2, 0.25) is 0 Å². The van der Waals surface area contributed by atoms with E-state index in [1.807, 2.05) is 0 Å². The first-order valence-electron chi connectivity index (χ1n) is 19.0. The van der Waals surface area contributed by atoms with E-state index in [4.69, 9.17) is 19.9 Å². The Bertz CT molecular complexity index is 1810. The van der Waals surface area contributed by atoms with Crippen molar-refractivity contribution in [3.05, 3.63) is 77.0 Å². The number of esters is 1. The van der Waals surface area contributed by atoms with E-state index in [1.165, 1.54) is 6.92 Å². The van der Waals surface area contributed by atoms with E-state index in [1.54, 1.807) is 75.6 Å². The summed E-state index contributed by atoms with van der Waals surface area (Å²) in [7, 11) is 1.56. The number of primary amides is 1. The van der Waals surface area contributed by atoms with Crippen molar-refractivity contribution in [1.82, 2.24) is 21.3 Å². The fourth-order valence-corrected chi connectivity index (χ4v) is 5.79. The summed E-state index contributed by atoms with van der Waals surface area (Å²) in [5, 5.41) is 23.0. The van der Waals surface area contributed by atoms with Gasteiger partial charge in [-0.1, -0.05) is 38.1 Å². The highest BCUT2D eigenvalue weighted by Crippen LogP contribution is 2.23. The average Bonchev–Trinajstić information content (AvgIpc) is 3.15. The van der Waals surface area contributed by atoms with Crippen LogP contribution in [0.1, 0.15) is 64.0 Å². The molecule has 2 aromatic carbocycles. The van der Waals surface area contributed by atoms with Gasteiger partial charge in [0.25, 0.3) is 0 Å². The highest BCUT2D eigenvalue weighted by atomic mass is 16.5. The van der Waals surface area contributed by atoms with Gasteiger partial charge < -0.3 is 51.6 Å². The van der Waals surface area contributed by atoms with Crippen LogP contribution in [-0.4, -0.2) is 91.7 Å². The Balaban J connectivity index is 1.82. The van der Waals surface area contributed by atoms with Crippen LogP contribution in [0.3, 0.4) is 0 Å². The van der Waals surface area contributed by atoms with Crippen LogP contribution in [0, 0.1) is 11.8 Å². The first kappa shape index (κ1) is 46.2. The lowest BCUT2D eigenvalue weighted by atomic mass is 9.90. The number of carbonyl (C=O) groups excluding carboxylic acids is 6. The quantitative estimate of drug-likeness (QED) is 0.0436. The van der Waals surface area contributed by atoms with Crippen LogP contribution >= 0.6 is 0 Å². The van der Waals surface area contributed by atoms with Gasteiger partial charge in [0.15, 0.2) is 0 Å². The molecule has 314 valence electrons. The summed E-state index contributed by atoms with van der Waals surface area (Å²) in [6.45, 7) is 5.59. The zero-order valence-electron chi connectivity index (χ0n) is 33.3. The smallest absolute Gasteiger partial charge is 0.312 e. The second-order valence-corrected chi connectivity index (χ2v) is 14.1. The second-order valence-electron chi connectivity index (χ2n) is 14.1. The Kier molecular flexibility index (Phi) is 18.9. The van der Waals surface area contributed by atoms with Crippen molar-refractivity contribution in [2.75, 3.05) is 32.2 Å². The molecule has 0 saturated carbocycles. The normalized spacial score (nSPS) is 13.7. The predicted molar refractivity (Wildman–Crippen MR) is 212 cm³/mol. The first-order chi connectivity index (χ1) is 27.6. The van der Waals surface area contributed by atoms with E-state index >= 15 is 0 Å². The van der Waals surface area contributed by atoms with Crippen LogP contribution in [0.4, 0.5) is 10.5 Å². The Morgan fingerprint density at radius 1 is 0.828 bits per heavy atom. The number of allylic oxidation sites excluding steroid dienone is 1. The molecule has 1 aliphatic rings. The molecule has 1 aliphatic carbocycles. The molecule has 0 radical (unpaired) electrons. The molecule has 0 fully saturated rings. The van der Waals surface area contributed by atoms with Crippen LogP contribution in [-0.2, 0) is 51.3 Å². The van der Waals surface area contributed by atoms with Gasteiger partial charge in [-0.2, -0.15) is 0 Å². The number of benzene rings is 2. The number of rotatable bonds is 25. The summed E-state index contributed by atoms with van der Waals surface area (Å²) in [5.41, 5.74) is 10.7. The molecule has 17 nitrogen and oxygen atoms in total. The van der Waals surface area contributed by atoms with Crippen LogP contribution in [0.5, 0.6) is 5.75 Å². The van der Waals surface area contributed by atoms with Crippen molar-refractivity contribution in [3.63, 3.8) is 0 Å². The average molecular weight is 807 g/mol. The van der Waals surface area contributed by atoms with E-state index in [-0.39, 0.29) is 38.8 Å². The molecule has 0 aromatic heterocycles. The number of anilines is 1. The third-order valence-corrected chi connectivity index (χ3v) is 9.00. The topological polar surface area (TPSA) is 254 Å². The van der Waals surface area contributed by atoms with Gasteiger partial charge in [-0.05, 0) is 72.2 Å². The van der Waals surface area contributed by atoms with E-state index in [9.17, 15) is 38.7 Å². The maximum absolute atomic E-state index is 14.1. The van der Waals surface area contributed by atoms with Gasteiger partial charge >= 0.3 is 18.0 Å². The number of nitrogens with one attached hydrogen (secondary N) is 5. The van der Waals surface area contributed by atoms with E-state index in [2.05, 4.69) is 32.3 Å². The first-order valence-corrected chi connectivity index (χ1v) is 19.0. The Morgan fingerprint density at radius 3 is 2.05 bits per heavy atom. The summed E-state index contributed by atoms with van der Waals surface area (Å²) < 4.78 is 15.7. The molecule has 1 unspecified atom stereocenters. The van der Waals surface area contributed by atoms with Crippen molar-refractivity contribution >= 4 is 47.3 Å². The van der Waals surface area contributed by atoms with Gasteiger partial charge in [0.2, 0.25) is 23.6 Å². The van der Waals surface area contributed by atoms with E-state index in [0.29, 0.717) is 42.2 Å². The fraction of sp³-hybridized carbons (Fsp3) is 0.463. The van der Waals surface area contributed by atoms with Crippen molar-refractivity contribution in [2.45, 2.75) is 84.0 Å². The monoisotopic (exact) mass is 806 g/mol.